The number of ether oxygens (including phenoxy) is 2. The second-order valence-electron chi connectivity index (χ2n) is 9.02. The average Bonchev–Trinajstić information content (AvgIpc) is 3.25. The van der Waals surface area contributed by atoms with Gasteiger partial charge < -0.3 is 14.6 Å². The number of rotatable bonds is 11. The molecule has 2 saturated heterocycles. The minimum atomic E-state index is -3.92. The largest absolute Gasteiger partial charge is 0.389 e. The van der Waals surface area contributed by atoms with Gasteiger partial charge in [-0.15, -0.1) is 0 Å². The molecule has 1 N–H and O–H groups in total. The summed E-state index contributed by atoms with van der Waals surface area (Å²) in [5.74, 6) is -0.0411. The molecule has 182 valence electrons. The van der Waals surface area contributed by atoms with Crippen molar-refractivity contribution in [2.24, 2.45) is 0 Å². The summed E-state index contributed by atoms with van der Waals surface area (Å²) < 4.78 is 42.3. The first-order valence-electron chi connectivity index (χ1n) is 11.4. The number of hydrogen-bond donors (Lipinski definition) is 1. The first-order chi connectivity index (χ1) is 15.1. The molecule has 2 atom stereocenters. The van der Waals surface area contributed by atoms with Crippen molar-refractivity contribution in [3.8, 4) is 0 Å². The van der Waals surface area contributed by atoms with Gasteiger partial charge in [-0.1, -0.05) is 59.0 Å². The lowest BCUT2D eigenvalue weighted by atomic mass is 9.77. The van der Waals surface area contributed by atoms with E-state index in [-0.39, 0.29) is 16.2 Å². The van der Waals surface area contributed by atoms with Gasteiger partial charge in [0.15, 0.2) is 5.79 Å². The molecule has 32 heavy (non-hydrogen) atoms. The Hall–Kier alpha value is -0.290. The van der Waals surface area contributed by atoms with Crippen LogP contribution in [0.25, 0.3) is 0 Å². The van der Waals surface area contributed by atoms with Crippen LogP contribution in [0.3, 0.4) is 0 Å². The third-order valence-corrected chi connectivity index (χ3v) is 11.3. The van der Waals surface area contributed by atoms with Gasteiger partial charge >= 0.3 is 0 Å². The second kappa shape index (κ2) is 11.0. The van der Waals surface area contributed by atoms with E-state index in [9.17, 15) is 13.5 Å². The van der Waals surface area contributed by atoms with Crippen molar-refractivity contribution >= 4 is 31.7 Å². The van der Waals surface area contributed by atoms with Crippen LogP contribution >= 0.6 is 21.6 Å². The SMILES string of the molecule is CCCCC(C)(O)C1(CCC2(COS(=O)(=O)c3ccc(C)cc3)OCCO2)CCCSS1. The fourth-order valence-corrected chi connectivity index (χ4v) is 8.81. The molecule has 0 spiro atoms. The van der Waals surface area contributed by atoms with Crippen molar-refractivity contribution in [1.29, 1.82) is 0 Å². The van der Waals surface area contributed by atoms with Crippen LogP contribution in [-0.4, -0.2) is 55.2 Å². The zero-order valence-electron chi connectivity index (χ0n) is 19.3. The van der Waals surface area contributed by atoms with Gasteiger partial charge in [-0.25, -0.2) is 0 Å². The van der Waals surface area contributed by atoms with Crippen molar-refractivity contribution in [2.45, 2.75) is 86.7 Å². The zero-order chi connectivity index (χ0) is 23.3. The number of unbranched alkanes of at least 4 members (excludes halogenated alkanes) is 1. The number of benzene rings is 1. The molecule has 0 aliphatic carbocycles. The first-order valence-corrected chi connectivity index (χ1v) is 15.1. The smallest absolute Gasteiger partial charge is 0.297 e. The van der Waals surface area contributed by atoms with Gasteiger partial charge in [0.25, 0.3) is 10.1 Å². The Morgan fingerprint density at radius 3 is 2.47 bits per heavy atom. The van der Waals surface area contributed by atoms with Gasteiger partial charge in [0.05, 0.1) is 28.5 Å². The van der Waals surface area contributed by atoms with Gasteiger partial charge in [0.1, 0.15) is 6.61 Å². The van der Waals surface area contributed by atoms with Crippen LogP contribution in [-0.2, 0) is 23.8 Å². The Balaban J connectivity index is 1.72. The third kappa shape index (κ3) is 6.23. The van der Waals surface area contributed by atoms with E-state index in [1.54, 1.807) is 35.1 Å². The lowest BCUT2D eigenvalue weighted by Gasteiger charge is -2.48. The summed E-state index contributed by atoms with van der Waals surface area (Å²) in [6, 6.07) is 6.58. The Bertz CT molecular complexity index is 826. The van der Waals surface area contributed by atoms with Crippen molar-refractivity contribution in [1.82, 2.24) is 0 Å². The van der Waals surface area contributed by atoms with E-state index < -0.39 is 21.5 Å². The molecule has 0 radical (unpaired) electrons. The molecule has 9 heteroatoms. The quantitative estimate of drug-likeness (QED) is 0.330. The summed E-state index contributed by atoms with van der Waals surface area (Å²) in [7, 11) is -0.344. The lowest BCUT2D eigenvalue weighted by molar-refractivity contribution is -0.184. The Labute approximate surface area is 200 Å². The van der Waals surface area contributed by atoms with Crippen LogP contribution in [0.2, 0.25) is 0 Å². The fraction of sp³-hybridized carbons (Fsp3) is 0.739. The van der Waals surface area contributed by atoms with E-state index in [0.29, 0.717) is 26.1 Å². The zero-order valence-corrected chi connectivity index (χ0v) is 21.8. The molecule has 0 bridgehead atoms. The summed E-state index contributed by atoms with van der Waals surface area (Å²) in [6.07, 6.45) is 5.83. The molecule has 3 rings (SSSR count). The molecule has 2 fully saturated rings. The molecule has 2 aliphatic rings. The number of hydrogen-bond acceptors (Lipinski definition) is 8. The maximum absolute atomic E-state index is 12.7. The van der Waals surface area contributed by atoms with E-state index in [0.717, 1.165) is 43.4 Å². The second-order valence-corrected chi connectivity index (χ2v) is 13.4. The molecule has 2 aliphatic heterocycles. The van der Waals surface area contributed by atoms with Crippen LogP contribution in [0.15, 0.2) is 29.2 Å². The van der Waals surface area contributed by atoms with Crippen LogP contribution in [0.1, 0.15) is 64.4 Å². The number of aliphatic hydroxyl groups is 1. The van der Waals surface area contributed by atoms with Crippen molar-refractivity contribution in [3.05, 3.63) is 29.8 Å². The van der Waals surface area contributed by atoms with Crippen molar-refractivity contribution < 1.29 is 27.2 Å². The fourth-order valence-electron chi connectivity index (χ4n) is 4.29. The third-order valence-electron chi connectivity index (χ3n) is 6.49. The van der Waals surface area contributed by atoms with Crippen LogP contribution in [0.4, 0.5) is 0 Å². The standard InChI is InChI=1S/C23H36O6S3/c1-4-5-11-21(3,24)22(12-6-17-30-31-22)13-14-23(27-15-16-28-23)18-29-32(25,26)20-9-7-19(2)8-10-20/h7-10,24H,4-6,11-18H2,1-3H3. The van der Waals surface area contributed by atoms with E-state index in [1.165, 1.54) is 0 Å². The molecular formula is C23H36O6S3. The summed E-state index contributed by atoms with van der Waals surface area (Å²) in [5, 5.41) is 11.5. The normalized spacial score (nSPS) is 25.5. The first kappa shape index (κ1) is 26.3. The predicted octanol–water partition coefficient (Wildman–Crippen LogP) is 5.08. The highest BCUT2D eigenvalue weighted by atomic mass is 33.1. The molecule has 1 aromatic carbocycles. The summed E-state index contributed by atoms with van der Waals surface area (Å²) >= 11 is 0. The highest BCUT2D eigenvalue weighted by molar-refractivity contribution is 8.77. The maximum atomic E-state index is 12.7. The van der Waals surface area contributed by atoms with Crippen LogP contribution in [0, 0.1) is 6.92 Å². The highest BCUT2D eigenvalue weighted by Crippen LogP contribution is 2.55. The van der Waals surface area contributed by atoms with E-state index >= 15 is 0 Å². The van der Waals surface area contributed by atoms with Crippen molar-refractivity contribution in [2.75, 3.05) is 25.6 Å². The van der Waals surface area contributed by atoms with Crippen molar-refractivity contribution in [3.63, 3.8) is 0 Å². The molecular weight excluding hydrogens is 468 g/mol. The minimum Gasteiger partial charge on any atom is -0.389 e. The maximum Gasteiger partial charge on any atom is 0.297 e. The van der Waals surface area contributed by atoms with E-state index in [2.05, 4.69) is 6.92 Å². The molecule has 6 nitrogen and oxygen atoms in total. The van der Waals surface area contributed by atoms with Crippen LogP contribution < -0.4 is 0 Å². The highest BCUT2D eigenvalue weighted by Gasteiger charge is 2.50. The Kier molecular flexibility index (Phi) is 9.02. The lowest BCUT2D eigenvalue weighted by Crippen LogP contribution is -2.52. The molecule has 0 saturated carbocycles. The number of aryl methyl sites for hydroxylation is 1. The summed E-state index contributed by atoms with van der Waals surface area (Å²) in [6.45, 7) is 6.58. The van der Waals surface area contributed by atoms with Crippen LogP contribution in [0.5, 0.6) is 0 Å². The predicted molar refractivity (Wildman–Crippen MR) is 130 cm³/mol. The summed E-state index contributed by atoms with van der Waals surface area (Å²) in [4.78, 5) is 0.120. The minimum absolute atomic E-state index is 0.120. The Morgan fingerprint density at radius 1 is 1.19 bits per heavy atom. The molecule has 1 aromatic rings. The van der Waals surface area contributed by atoms with Gasteiger partial charge in [-0.05, 0) is 51.7 Å². The molecule has 2 unspecified atom stereocenters. The Morgan fingerprint density at radius 2 is 1.88 bits per heavy atom. The average molecular weight is 505 g/mol. The topological polar surface area (TPSA) is 82.1 Å². The monoisotopic (exact) mass is 504 g/mol. The van der Waals surface area contributed by atoms with E-state index in [4.69, 9.17) is 13.7 Å². The molecule has 2 heterocycles. The van der Waals surface area contributed by atoms with Gasteiger partial charge in [-0.2, -0.15) is 8.42 Å². The molecule has 0 amide bonds. The van der Waals surface area contributed by atoms with Gasteiger partial charge in [0.2, 0.25) is 0 Å². The van der Waals surface area contributed by atoms with Gasteiger partial charge in [-0.3, -0.25) is 4.18 Å². The molecule has 0 aromatic heterocycles. The van der Waals surface area contributed by atoms with E-state index in [1.807, 2.05) is 24.6 Å². The summed E-state index contributed by atoms with van der Waals surface area (Å²) in [5.41, 5.74) is 0.154. The van der Waals surface area contributed by atoms with Gasteiger partial charge in [0, 0.05) is 12.2 Å².